The van der Waals surface area contributed by atoms with E-state index in [1.54, 1.807) is 18.2 Å². The van der Waals surface area contributed by atoms with Gasteiger partial charge in [-0.05, 0) is 59.7 Å². The Kier molecular flexibility index (Phi) is 6.41. The summed E-state index contributed by atoms with van der Waals surface area (Å²) in [5.74, 6) is -1.71. The molecule has 1 heterocycles. The van der Waals surface area contributed by atoms with Crippen molar-refractivity contribution in [1.29, 1.82) is 0 Å². The molecule has 0 aliphatic heterocycles. The van der Waals surface area contributed by atoms with Gasteiger partial charge in [0.15, 0.2) is 10.9 Å². The van der Waals surface area contributed by atoms with Crippen LogP contribution >= 0.6 is 11.3 Å². The highest BCUT2D eigenvalue weighted by molar-refractivity contribution is 7.92. The Labute approximate surface area is 203 Å². The van der Waals surface area contributed by atoms with Gasteiger partial charge in [-0.1, -0.05) is 17.4 Å². The molecule has 0 atom stereocenters. The molecule has 0 saturated heterocycles. The third-order valence-electron chi connectivity index (χ3n) is 4.93. The largest absolute Gasteiger partial charge is 0.494 e. The van der Waals surface area contributed by atoms with E-state index in [0.717, 1.165) is 29.0 Å². The summed E-state index contributed by atoms with van der Waals surface area (Å²) in [5, 5.41) is 3.07. The second-order valence-corrected chi connectivity index (χ2v) is 10.1. The number of halogens is 1. The number of carbonyl (C=O) groups excluding carboxylic acids is 2. The first-order valence-corrected chi connectivity index (χ1v) is 12.4. The molecule has 180 valence electrons. The van der Waals surface area contributed by atoms with Crippen LogP contribution in [0.15, 0.2) is 59.5 Å². The number of hydrogen-bond acceptors (Lipinski definition) is 7. The maximum atomic E-state index is 13.3. The molecule has 4 aromatic rings. The van der Waals surface area contributed by atoms with E-state index in [0.29, 0.717) is 21.8 Å². The van der Waals surface area contributed by atoms with Gasteiger partial charge in [0.1, 0.15) is 5.82 Å². The van der Waals surface area contributed by atoms with Crippen LogP contribution in [0.1, 0.15) is 17.3 Å². The Morgan fingerprint density at radius 2 is 1.77 bits per heavy atom. The van der Waals surface area contributed by atoms with Crippen LogP contribution in [-0.2, 0) is 14.8 Å². The molecule has 0 bridgehead atoms. The van der Waals surface area contributed by atoms with Crippen LogP contribution in [0.25, 0.3) is 21.3 Å². The molecule has 35 heavy (non-hydrogen) atoms. The van der Waals surface area contributed by atoms with E-state index in [1.165, 1.54) is 37.5 Å². The number of nitrogens with one attached hydrogen (secondary N) is 2. The normalized spacial score (nSPS) is 11.3. The number of fused-ring (bicyclic) bond motifs is 1. The molecule has 0 unspecified atom stereocenters. The van der Waals surface area contributed by atoms with Crippen molar-refractivity contribution in [2.75, 3.05) is 17.1 Å². The molecule has 3 aromatic carbocycles. The quantitative estimate of drug-likeness (QED) is 0.341. The van der Waals surface area contributed by atoms with Crippen molar-refractivity contribution in [3.05, 3.63) is 66.0 Å². The zero-order chi connectivity index (χ0) is 25.3. The first kappa shape index (κ1) is 24.1. The summed E-state index contributed by atoms with van der Waals surface area (Å²) in [7, 11) is -2.86. The van der Waals surface area contributed by atoms with Gasteiger partial charge in [0, 0.05) is 6.92 Å². The van der Waals surface area contributed by atoms with E-state index in [2.05, 4.69) is 15.0 Å². The number of thiazole rings is 1. The summed E-state index contributed by atoms with van der Waals surface area (Å²) >= 11 is 1.26. The molecular weight excluding hydrogens is 495 g/mol. The second kappa shape index (κ2) is 9.31. The van der Waals surface area contributed by atoms with Gasteiger partial charge in [-0.3, -0.25) is 14.3 Å². The Morgan fingerprint density at radius 1 is 1.06 bits per heavy atom. The van der Waals surface area contributed by atoms with Crippen molar-refractivity contribution in [2.45, 2.75) is 11.8 Å². The van der Waals surface area contributed by atoms with Gasteiger partial charge in [-0.15, -0.1) is 0 Å². The average molecular weight is 515 g/mol. The summed E-state index contributed by atoms with van der Waals surface area (Å²) < 4.78 is 47.6. The summed E-state index contributed by atoms with van der Waals surface area (Å²) in [6.45, 7) is 1.38. The lowest BCUT2D eigenvalue weighted by Gasteiger charge is -2.16. The van der Waals surface area contributed by atoms with E-state index in [-0.39, 0.29) is 27.8 Å². The highest BCUT2D eigenvalue weighted by Crippen LogP contribution is 2.37. The summed E-state index contributed by atoms with van der Waals surface area (Å²) in [6, 6.07) is 12.6. The van der Waals surface area contributed by atoms with Gasteiger partial charge >= 0.3 is 0 Å². The average Bonchev–Trinajstić information content (AvgIpc) is 3.19. The summed E-state index contributed by atoms with van der Waals surface area (Å²) in [5.41, 5.74) is 7.27. The fourth-order valence-electron chi connectivity index (χ4n) is 3.40. The third kappa shape index (κ3) is 5.08. The molecule has 2 amide bonds. The molecule has 0 aliphatic rings. The fourth-order valence-corrected chi connectivity index (χ4v) is 5.40. The third-order valence-corrected chi connectivity index (χ3v) is 7.25. The molecule has 0 aliphatic carbocycles. The van der Waals surface area contributed by atoms with Crippen LogP contribution in [0.3, 0.4) is 0 Å². The number of aromatic nitrogens is 1. The molecule has 0 radical (unpaired) electrons. The van der Waals surface area contributed by atoms with Crippen molar-refractivity contribution in [1.82, 2.24) is 4.98 Å². The Hall–Kier alpha value is -4.03. The van der Waals surface area contributed by atoms with Gasteiger partial charge in [0.2, 0.25) is 5.91 Å². The molecule has 4 rings (SSSR count). The second-order valence-electron chi connectivity index (χ2n) is 7.41. The zero-order valence-electron chi connectivity index (χ0n) is 18.5. The van der Waals surface area contributed by atoms with Crippen molar-refractivity contribution in [3.63, 3.8) is 0 Å². The highest BCUT2D eigenvalue weighted by Gasteiger charge is 2.22. The van der Waals surface area contributed by atoms with Crippen LogP contribution in [0.2, 0.25) is 0 Å². The van der Waals surface area contributed by atoms with E-state index in [4.69, 9.17) is 10.5 Å². The number of amides is 2. The number of nitrogens with two attached hydrogens (primary N) is 1. The molecule has 4 N–H and O–H groups in total. The van der Waals surface area contributed by atoms with Gasteiger partial charge in [-0.2, -0.15) is 0 Å². The molecule has 1 aromatic heterocycles. The van der Waals surface area contributed by atoms with Gasteiger partial charge < -0.3 is 15.8 Å². The van der Waals surface area contributed by atoms with E-state index >= 15 is 0 Å². The first-order chi connectivity index (χ1) is 16.6. The topological polar surface area (TPSA) is 140 Å². The van der Waals surface area contributed by atoms with Crippen LogP contribution in [0, 0.1) is 5.82 Å². The van der Waals surface area contributed by atoms with Crippen LogP contribution in [0.4, 0.5) is 15.2 Å². The summed E-state index contributed by atoms with van der Waals surface area (Å²) in [4.78, 5) is 27.7. The maximum Gasteiger partial charge on any atom is 0.262 e. The van der Waals surface area contributed by atoms with Crippen LogP contribution in [-0.4, -0.2) is 32.3 Å². The first-order valence-electron chi connectivity index (χ1n) is 10.1. The highest BCUT2D eigenvalue weighted by atomic mass is 32.2. The monoisotopic (exact) mass is 514 g/mol. The fraction of sp³-hybridized carbons (Fsp3) is 0.0870. The lowest BCUT2D eigenvalue weighted by Crippen LogP contribution is -2.17. The lowest BCUT2D eigenvalue weighted by atomic mass is 10.0. The lowest BCUT2D eigenvalue weighted by molar-refractivity contribution is -0.114. The molecule has 9 nitrogen and oxygen atoms in total. The van der Waals surface area contributed by atoms with Crippen LogP contribution in [0.5, 0.6) is 5.75 Å². The minimum Gasteiger partial charge on any atom is -0.494 e. The number of rotatable bonds is 7. The maximum absolute atomic E-state index is 13.3. The SMILES string of the molecule is COc1c(NS(=O)(=O)c2ccc(F)cc2)cc(-c2ccc3nc(NC(C)=O)sc3c2)cc1C(N)=O. The Bertz CT molecular complexity index is 1570. The molecule has 0 fully saturated rings. The van der Waals surface area contributed by atoms with E-state index < -0.39 is 21.7 Å². The number of methoxy groups -OCH3 is 1. The van der Waals surface area contributed by atoms with Crippen LogP contribution < -0.4 is 20.5 Å². The zero-order valence-corrected chi connectivity index (χ0v) is 20.1. The standard InChI is InChI=1S/C23H19FN4O5S2/c1-12(29)26-23-27-18-8-3-13(11-20(18)34-23)14-9-17(22(25)30)21(33-2)19(10-14)28-35(31,32)16-6-4-15(24)5-7-16/h3-11,28H,1-2H3,(H2,25,30)(H,26,27,29). The predicted octanol–water partition coefficient (Wildman–Crippen LogP) is 3.97. The Morgan fingerprint density at radius 3 is 2.40 bits per heavy atom. The van der Waals surface area contributed by atoms with Gasteiger partial charge in [-0.25, -0.2) is 17.8 Å². The number of sulfonamides is 1. The van der Waals surface area contributed by atoms with Crippen molar-refractivity contribution in [3.8, 4) is 16.9 Å². The minimum atomic E-state index is -4.14. The Balaban J connectivity index is 1.82. The number of benzene rings is 3. The van der Waals surface area contributed by atoms with Crippen molar-refractivity contribution < 1.29 is 27.1 Å². The number of ether oxygens (including phenoxy) is 1. The number of anilines is 2. The number of nitrogens with zero attached hydrogens (tertiary/aromatic N) is 1. The van der Waals surface area contributed by atoms with Gasteiger partial charge in [0.05, 0.1) is 33.5 Å². The van der Waals surface area contributed by atoms with Crippen molar-refractivity contribution >= 4 is 54.2 Å². The van der Waals surface area contributed by atoms with E-state index in [9.17, 15) is 22.4 Å². The van der Waals surface area contributed by atoms with E-state index in [1.807, 2.05) is 0 Å². The number of carbonyl (C=O) groups is 2. The summed E-state index contributed by atoms with van der Waals surface area (Å²) in [6.07, 6.45) is 0. The molecular formula is C23H19FN4O5S2. The minimum absolute atomic E-state index is 0.0218. The molecule has 0 saturated carbocycles. The van der Waals surface area contributed by atoms with Crippen molar-refractivity contribution in [2.24, 2.45) is 5.73 Å². The smallest absolute Gasteiger partial charge is 0.262 e. The van der Waals surface area contributed by atoms with Gasteiger partial charge in [0.25, 0.3) is 15.9 Å². The molecule has 0 spiro atoms. The predicted molar refractivity (Wildman–Crippen MR) is 132 cm³/mol. The number of primary amides is 1. The molecule has 12 heteroatoms. The number of hydrogen-bond donors (Lipinski definition) is 3.